The summed E-state index contributed by atoms with van der Waals surface area (Å²) in [6, 6.07) is 58.4. The van der Waals surface area contributed by atoms with Gasteiger partial charge in [0.05, 0.1) is 34.6 Å². The number of fused-ring (bicyclic) bond motifs is 7. The van der Waals surface area contributed by atoms with Crippen molar-refractivity contribution in [3.63, 3.8) is 0 Å². The summed E-state index contributed by atoms with van der Waals surface area (Å²) in [4.78, 5) is 4.52. The first-order chi connectivity index (χ1) is 26.0. The molecule has 0 aliphatic heterocycles. The predicted octanol–water partition coefficient (Wildman–Crippen LogP) is 13.2. The molecule has 8 aromatic carbocycles. The van der Waals surface area contributed by atoms with E-state index in [1.807, 2.05) is 48.5 Å². The number of furan rings is 1. The summed E-state index contributed by atoms with van der Waals surface area (Å²) in [5.41, 5.74) is 11.1. The molecule has 0 radical (unpaired) electrons. The van der Waals surface area contributed by atoms with Crippen molar-refractivity contribution in [2.45, 2.75) is 13.8 Å². The molecule has 5 nitrogen and oxygen atoms in total. The van der Waals surface area contributed by atoms with Crippen LogP contribution in [0.1, 0.15) is 22.3 Å². The van der Waals surface area contributed by atoms with Gasteiger partial charge in [-0.3, -0.25) is 0 Å². The van der Waals surface area contributed by atoms with Gasteiger partial charge in [-0.2, -0.15) is 10.5 Å². The van der Waals surface area contributed by atoms with Crippen LogP contribution in [0.25, 0.3) is 43.5 Å². The fourth-order valence-corrected chi connectivity index (χ4v) is 7.36. The van der Waals surface area contributed by atoms with Gasteiger partial charge in [0.25, 0.3) is 0 Å². The highest BCUT2D eigenvalue weighted by molar-refractivity contribution is 6.25. The highest BCUT2D eigenvalue weighted by Gasteiger charge is 2.24. The Balaban J connectivity index is 1.37. The Bertz CT molecular complexity index is 2710. The van der Waals surface area contributed by atoms with E-state index in [1.165, 1.54) is 11.1 Å². The number of benzene rings is 8. The van der Waals surface area contributed by atoms with E-state index in [9.17, 15) is 10.5 Å². The van der Waals surface area contributed by atoms with Gasteiger partial charge in [-0.15, -0.1) is 0 Å². The Hall–Kier alpha value is -7.34. The first kappa shape index (κ1) is 31.6. The number of nitriles is 2. The molecule has 0 aliphatic carbocycles. The fourth-order valence-electron chi connectivity index (χ4n) is 7.36. The first-order valence-corrected chi connectivity index (χ1v) is 17.5. The number of rotatable bonds is 6. The zero-order valence-corrected chi connectivity index (χ0v) is 29.2. The number of hydrogen-bond donors (Lipinski definition) is 0. The van der Waals surface area contributed by atoms with E-state index in [4.69, 9.17) is 4.42 Å². The summed E-state index contributed by atoms with van der Waals surface area (Å²) < 4.78 is 6.95. The van der Waals surface area contributed by atoms with Crippen LogP contribution in [-0.4, -0.2) is 0 Å². The van der Waals surface area contributed by atoms with Gasteiger partial charge in [0.2, 0.25) is 0 Å². The van der Waals surface area contributed by atoms with E-state index < -0.39 is 0 Å². The maximum absolute atomic E-state index is 9.60. The van der Waals surface area contributed by atoms with Crippen LogP contribution >= 0.6 is 0 Å². The molecule has 1 heterocycles. The van der Waals surface area contributed by atoms with Gasteiger partial charge in [-0.25, -0.2) is 0 Å². The number of aryl methyl sites for hydroxylation is 2. The molecule has 0 unspecified atom stereocenters. The van der Waals surface area contributed by atoms with E-state index in [1.54, 1.807) is 0 Å². The molecule has 0 atom stereocenters. The van der Waals surface area contributed by atoms with Crippen LogP contribution in [0, 0.1) is 36.5 Å². The average Bonchev–Trinajstić information content (AvgIpc) is 3.59. The Morgan fingerprint density at radius 1 is 0.396 bits per heavy atom. The van der Waals surface area contributed by atoms with E-state index >= 15 is 0 Å². The third-order valence-corrected chi connectivity index (χ3v) is 10.0. The minimum Gasteiger partial charge on any atom is -0.455 e. The summed E-state index contributed by atoms with van der Waals surface area (Å²) in [5, 5.41) is 25.3. The molecular weight excluding hydrogens is 649 g/mol. The maximum Gasteiger partial charge on any atom is 0.143 e. The number of hydrogen-bond acceptors (Lipinski definition) is 5. The standard InChI is InChI=1S/C48H32N4O/c1-31-11-19-35(20-12-31)51(37-23-15-33(29-49)16-24-37)45-27-43-44-28-46(52(36-21-13-32(2)14-22-36)38-25-17-34(30-50)18-26-38)40-8-4-6-10-42(40)48(44)53-47(43)41-9-5-3-7-39(41)45/h3-28H,1-2H3. The third-order valence-electron chi connectivity index (χ3n) is 10.0. The van der Waals surface area contributed by atoms with Crippen LogP contribution in [0.5, 0.6) is 0 Å². The Labute approximate surface area is 307 Å². The topological polar surface area (TPSA) is 67.2 Å². The van der Waals surface area contributed by atoms with Crippen LogP contribution in [0.4, 0.5) is 34.1 Å². The van der Waals surface area contributed by atoms with Gasteiger partial charge >= 0.3 is 0 Å². The quantitative estimate of drug-likeness (QED) is 0.175. The minimum atomic E-state index is 0.610. The van der Waals surface area contributed by atoms with Crippen molar-refractivity contribution in [1.29, 1.82) is 10.5 Å². The van der Waals surface area contributed by atoms with Gasteiger partial charge < -0.3 is 14.2 Å². The van der Waals surface area contributed by atoms with Crippen LogP contribution in [0.2, 0.25) is 0 Å². The molecule has 1 aromatic heterocycles. The molecule has 0 spiro atoms. The molecule has 250 valence electrons. The van der Waals surface area contributed by atoms with E-state index in [2.05, 4.69) is 145 Å². The Morgan fingerprint density at radius 3 is 1.06 bits per heavy atom. The van der Waals surface area contributed by atoms with Crippen LogP contribution in [0.3, 0.4) is 0 Å². The Morgan fingerprint density at radius 2 is 0.717 bits per heavy atom. The lowest BCUT2D eigenvalue weighted by molar-refractivity contribution is 0.676. The predicted molar refractivity (Wildman–Crippen MR) is 217 cm³/mol. The lowest BCUT2D eigenvalue weighted by Gasteiger charge is -2.27. The third kappa shape index (κ3) is 5.40. The van der Waals surface area contributed by atoms with Gasteiger partial charge in [0.1, 0.15) is 11.2 Å². The molecule has 0 N–H and O–H groups in total. The second-order valence-corrected chi connectivity index (χ2v) is 13.4. The van der Waals surface area contributed by atoms with Crippen molar-refractivity contribution in [2.24, 2.45) is 0 Å². The normalized spacial score (nSPS) is 11.2. The van der Waals surface area contributed by atoms with Crippen molar-refractivity contribution < 1.29 is 4.42 Å². The van der Waals surface area contributed by atoms with Crippen LogP contribution < -0.4 is 9.80 Å². The van der Waals surface area contributed by atoms with Gasteiger partial charge in [0.15, 0.2) is 0 Å². The minimum absolute atomic E-state index is 0.610. The smallest absolute Gasteiger partial charge is 0.143 e. The molecule has 53 heavy (non-hydrogen) atoms. The molecule has 0 saturated carbocycles. The van der Waals surface area contributed by atoms with Crippen LogP contribution in [-0.2, 0) is 0 Å². The van der Waals surface area contributed by atoms with Crippen molar-refractivity contribution in [3.05, 3.63) is 180 Å². The zero-order chi connectivity index (χ0) is 36.1. The van der Waals surface area contributed by atoms with E-state index in [-0.39, 0.29) is 0 Å². The molecule has 0 amide bonds. The summed E-state index contributed by atoms with van der Waals surface area (Å²) in [7, 11) is 0. The molecule has 0 aliphatic rings. The summed E-state index contributed by atoms with van der Waals surface area (Å²) >= 11 is 0. The highest BCUT2D eigenvalue weighted by atomic mass is 16.3. The van der Waals surface area contributed by atoms with E-state index in [0.717, 1.165) is 77.6 Å². The van der Waals surface area contributed by atoms with Gasteiger partial charge in [-0.1, -0.05) is 83.9 Å². The maximum atomic E-state index is 9.60. The SMILES string of the molecule is Cc1ccc(N(c2ccc(C#N)cc2)c2cc3c4cc(N(c5ccc(C)cc5)c5ccc(C#N)cc5)c5ccccc5c4oc3c3ccccc23)cc1. The van der Waals surface area contributed by atoms with Crippen molar-refractivity contribution in [3.8, 4) is 12.1 Å². The molecule has 5 heteroatoms. The number of nitrogens with zero attached hydrogens (tertiary/aromatic N) is 4. The van der Waals surface area contributed by atoms with Gasteiger partial charge in [0, 0.05) is 55.1 Å². The largest absolute Gasteiger partial charge is 0.455 e. The van der Waals surface area contributed by atoms with Gasteiger partial charge in [-0.05, 0) is 98.8 Å². The number of anilines is 6. The fraction of sp³-hybridized carbons (Fsp3) is 0.0417. The average molecular weight is 681 g/mol. The second kappa shape index (κ2) is 12.8. The monoisotopic (exact) mass is 680 g/mol. The molecule has 0 fully saturated rings. The lowest BCUT2D eigenvalue weighted by atomic mass is 9.99. The van der Waals surface area contributed by atoms with Crippen molar-refractivity contribution in [1.82, 2.24) is 0 Å². The van der Waals surface area contributed by atoms with Crippen molar-refractivity contribution in [2.75, 3.05) is 9.80 Å². The van der Waals surface area contributed by atoms with E-state index in [0.29, 0.717) is 11.1 Å². The van der Waals surface area contributed by atoms with Crippen molar-refractivity contribution >= 4 is 77.6 Å². The zero-order valence-electron chi connectivity index (χ0n) is 29.2. The summed E-state index contributed by atoms with van der Waals surface area (Å²) in [6.45, 7) is 4.18. The molecule has 0 saturated heterocycles. The Kier molecular flexibility index (Phi) is 7.62. The molecule has 0 bridgehead atoms. The summed E-state index contributed by atoms with van der Waals surface area (Å²) in [5.74, 6) is 0. The highest BCUT2D eigenvalue weighted by Crippen LogP contribution is 2.48. The molecule has 9 aromatic rings. The second-order valence-electron chi connectivity index (χ2n) is 13.4. The molecular formula is C48H32N4O. The van der Waals surface area contributed by atoms with Crippen LogP contribution in [0.15, 0.2) is 162 Å². The first-order valence-electron chi connectivity index (χ1n) is 17.5. The lowest BCUT2D eigenvalue weighted by Crippen LogP contribution is -2.11. The molecule has 9 rings (SSSR count). The summed E-state index contributed by atoms with van der Waals surface area (Å²) in [6.07, 6.45) is 0.